The minimum absolute atomic E-state index is 0. The predicted octanol–water partition coefficient (Wildman–Crippen LogP) is -1.53. The number of hydrogen-bond donors (Lipinski definition) is 0. The summed E-state index contributed by atoms with van der Waals surface area (Å²) in [4.78, 5) is 0. The molecule has 0 aliphatic carbocycles. The molecule has 0 saturated carbocycles. The Morgan fingerprint density at radius 1 is 1.00 bits per heavy atom. The fourth-order valence-electron chi connectivity index (χ4n) is 0. The Labute approximate surface area is 58.2 Å². The van der Waals surface area contributed by atoms with Crippen LogP contribution >= 0.6 is 12.4 Å². The van der Waals surface area contributed by atoms with Crippen LogP contribution in [-0.4, -0.2) is 41.3 Å². The first-order valence-corrected chi connectivity index (χ1v) is 0. The van der Waals surface area contributed by atoms with Gasteiger partial charge in [-0.3, -0.25) is 4.70 Å². The van der Waals surface area contributed by atoms with Crippen molar-refractivity contribution in [2.24, 2.45) is 0 Å². The zero-order chi connectivity index (χ0) is 0. The van der Waals surface area contributed by atoms with Crippen molar-refractivity contribution >= 4 is 53.7 Å². The van der Waals surface area contributed by atoms with Gasteiger partial charge in [0.05, 0.1) is 0 Å². The fourth-order valence-corrected chi connectivity index (χ4v) is 0. The van der Waals surface area contributed by atoms with Crippen molar-refractivity contribution in [3.63, 3.8) is 0 Å². The molecule has 0 aromatic heterocycles. The molecule has 2 radical (unpaired) electrons. The Morgan fingerprint density at radius 2 is 1.00 bits per heavy atom. The molecule has 4 heavy (non-hydrogen) atoms. The van der Waals surface area contributed by atoms with Gasteiger partial charge in [0.2, 0.25) is 0 Å². The SMILES string of the molecule is Cl.F.[AlH3].[SnH2]. The molecule has 0 bridgehead atoms. The zero-order valence-corrected chi connectivity index (χ0v) is 6.38. The summed E-state index contributed by atoms with van der Waals surface area (Å²) >= 11 is 0. The minimum atomic E-state index is 0. The van der Waals surface area contributed by atoms with Crippen LogP contribution in [0.1, 0.15) is 0 Å². The Hall–Kier alpha value is 1.55. The predicted molar refractivity (Wildman–Crippen MR) is 28.2 cm³/mol. The van der Waals surface area contributed by atoms with Crippen LogP contribution in [0.5, 0.6) is 0 Å². The van der Waals surface area contributed by atoms with E-state index in [1.807, 2.05) is 0 Å². The van der Waals surface area contributed by atoms with E-state index < -0.39 is 0 Å². The van der Waals surface area contributed by atoms with Gasteiger partial charge in [0.1, 0.15) is 0 Å². The Morgan fingerprint density at radius 3 is 1.00 bits per heavy atom. The maximum atomic E-state index is 0. The molecule has 28 valence electrons. The number of hydrogen-bond acceptors (Lipinski definition) is 0. The molecule has 0 saturated heterocycles. The molecule has 0 aliphatic rings. The molecule has 4 heteroatoms. The standard InChI is InChI=1S/Al.ClH.FH.Sn.5H/h;2*1H;;;;;;. The summed E-state index contributed by atoms with van der Waals surface area (Å²) < 4.78 is 0. The van der Waals surface area contributed by atoms with E-state index >= 15 is 0 Å². The van der Waals surface area contributed by atoms with Crippen molar-refractivity contribution < 1.29 is 4.70 Å². The van der Waals surface area contributed by atoms with Gasteiger partial charge in [-0.05, 0) is 0 Å². The van der Waals surface area contributed by atoms with Crippen molar-refractivity contribution in [2.45, 2.75) is 0 Å². The zero-order valence-electron chi connectivity index (χ0n) is 1.52. The van der Waals surface area contributed by atoms with E-state index in [0.717, 1.165) is 0 Å². The van der Waals surface area contributed by atoms with Crippen molar-refractivity contribution in [3.05, 3.63) is 0 Å². The van der Waals surface area contributed by atoms with Crippen LogP contribution in [0, 0.1) is 0 Å². The normalized spacial score (nSPS) is 0. The molecule has 0 fully saturated rings. The first kappa shape index (κ1) is 47.8. The second-order valence-electron chi connectivity index (χ2n) is 0. The van der Waals surface area contributed by atoms with Crippen molar-refractivity contribution in [1.82, 2.24) is 0 Å². The van der Waals surface area contributed by atoms with Crippen molar-refractivity contribution in [1.29, 1.82) is 0 Å². The summed E-state index contributed by atoms with van der Waals surface area (Å²) in [6.07, 6.45) is 0. The second kappa shape index (κ2) is 23.9. The van der Waals surface area contributed by atoms with E-state index in [4.69, 9.17) is 0 Å². The first-order chi connectivity index (χ1) is 0. The first-order valence-electron chi connectivity index (χ1n) is 0. The third-order valence-corrected chi connectivity index (χ3v) is 0. The maximum absolute atomic E-state index is 0. The van der Waals surface area contributed by atoms with E-state index in [0.29, 0.717) is 0 Å². The second-order valence-corrected chi connectivity index (χ2v) is 0. The quantitative estimate of drug-likeness (QED) is 0.423. The third kappa shape index (κ3) is 9.61. The van der Waals surface area contributed by atoms with Gasteiger partial charge in [0.25, 0.3) is 0 Å². The summed E-state index contributed by atoms with van der Waals surface area (Å²) in [5, 5.41) is 0. The van der Waals surface area contributed by atoms with Gasteiger partial charge in [0.15, 0.2) is 17.4 Å². The van der Waals surface area contributed by atoms with E-state index in [2.05, 4.69) is 0 Å². The van der Waals surface area contributed by atoms with E-state index in [1.165, 1.54) is 0 Å². The molecule has 0 aromatic carbocycles. The van der Waals surface area contributed by atoms with Gasteiger partial charge in [0, 0.05) is 0 Å². The topological polar surface area (TPSA) is 0 Å². The van der Waals surface area contributed by atoms with Gasteiger partial charge in [-0.1, -0.05) is 0 Å². The summed E-state index contributed by atoms with van der Waals surface area (Å²) in [6, 6.07) is 0. The summed E-state index contributed by atoms with van der Waals surface area (Å²) in [5.41, 5.74) is 0. The van der Waals surface area contributed by atoms with Crippen LogP contribution in [0.3, 0.4) is 0 Å². The van der Waals surface area contributed by atoms with Gasteiger partial charge < -0.3 is 0 Å². The van der Waals surface area contributed by atoms with Gasteiger partial charge >= 0.3 is 23.9 Å². The molecule has 0 nitrogen and oxygen atoms in total. The molecule has 0 N–H and O–H groups in total. The number of halogens is 2. The fraction of sp³-hybridized carbons (Fsp3) is 0. The Kier molecular flexibility index (Phi) is 285. The average Bonchev–Trinajstić information content (AvgIpc) is 0. The van der Waals surface area contributed by atoms with Gasteiger partial charge in [-0.15, -0.1) is 12.4 Å². The van der Waals surface area contributed by atoms with Crippen LogP contribution in [0.25, 0.3) is 0 Å². The average molecular weight is 207 g/mol. The van der Waals surface area contributed by atoms with Crippen LogP contribution in [-0.2, 0) is 0 Å². The molecule has 0 heterocycles. The Bertz CT molecular complexity index is 8.00. The molecule has 0 spiro atoms. The van der Waals surface area contributed by atoms with E-state index in [9.17, 15) is 0 Å². The molecule has 0 rings (SSSR count). The van der Waals surface area contributed by atoms with Crippen LogP contribution in [0.2, 0.25) is 0 Å². The van der Waals surface area contributed by atoms with Crippen LogP contribution < -0.4 is 0 Å². The van der Waals surface area contributed by atoms with Gasteiger partial charge in [-0.2, -0.15) is 0 Å². The monoisotopic (exact) mass is 208 g/mol. The van der Waals surface area contributed by atoms with Gasteiger partial charge in [-0.25, -0.2) is 0 Å². The molecule has 0 aromatic rings. The van der Waals surface area contributed by atoms with E-state index in [1.54, 1.807) is 0 Å². The van der Waals surface area contributed by atoms with Crippen molar-refractivity contribution in [2.75, 3.05) is 0 Å². The van der Waals surface area contributed by atoms with Crippen LogP contribution in [0.15, 0.2) is 0 Å². The summed E-state index contributed by atoms with van der Waals surface area (Å²) in [6.45, 7) is 0. The molecular formula is H7AlClFSn. The number of rotatable bonds is 0. The molecular weight excluding hydrogens is 200 g/mol. The molecule has 0 unspecified atom stereocenters. The van der Waals surface area contributed by atoms with E-state index in [-0.39, 0.29) is 58.4 Å². The van der Waals surface area contributed by atoms with Crippen LogP contribution in [0.4, 0.5) is 4.70 Å². The molecule has 0 aliphatic heterocycles. The molecule has 0 amide bonds. The summed E-state index contributed by atoms with van der Waals surface area (Å²) in [7, 11) is 0. The third-order valence-electron chi connectivity index (χ3n) is 0. The summed E-state index contributed by atoms with van der Waals surface area (Å²) in [5.74, 6) is 0. The van der Waals surface area contributed by atoms with Crippen molar-refractivity contribution in [3.8, 4) is 0 Å². The molecule has 0 atom stereocenters. The Balaban J connectivity index is 0.